The van der Waals surface area contributed by atoms with Gasteiger partial charge in [0.25, 0.3) is 0 Å². The summed E-state index contributed by atoms with van der Waals surface area (Å²) in [6, 6.07) is 13.2. The third-order valence-corrected chi connectivity index (χ3v) is 4.76. The quantitative estimate of drug-likeness (QED) is 0.714. The third-order valence-electron chi connectivity index (χ3n) is 4.76. The van der Waals surface area contributed by atoms with E-state index in [1.54, 1.807) is 0 Å². The average Bonchev–Trinajstić information content (AvgIpc) is 3.52. The van der Waals surface area contributed by atoms with Gasteiger partial charge in [-0.05, 0) is 18.1 Å². The molecule has 2 aromatic carbocycles. The lowest BCUT2D eigenvalue weighted by molar-refractivity contribution is -0.166. The Hall–Kier alpha value is -2.90. The van der Waals surface area contributed by atoms with Crippen molar-refractivity contribution in [1.29, 1.82) is 0 Å². The molecule has 8 heteroatoms. The van der Waals surface area contributed by atoms with E-state index in [9.17, 15) is 18.0 Å². The summed E-state index contributed by atoms with van der Waals surface area (Å²) in [4.78, 5) is 12.3. The first-order chi connectivity index (χ1) is 12.7. The molecule has 0 saturated heterocycles. The van der Waals surface area contributed by atoms with Crippen LogP contribution in [0, 0.1) is 0 Å². The number of rotatable bonds is 6. The van der Waals surface area contributed by atoms with Crippen LogP contribution < -0.4 is 0 Å². The van der Waals surface area contributed by atoms with Crippen molar-refractivity contribution in [1.82, 2.24) is 0 Å². The van der Waals surface area contributed by atoms with Crippen molar-refractivity contribution in [3.05, 3.63) is 70.8 Å². The van der Waals surface area contributed by atoms with Crippen LogP contribution in [0.15, 0.2) is 69.0 Å². The second-order valence-corrected chi connectivity index (χ2v) is 6.88. The standard InChI is InChI=1S/C19H15F3N4O/c1-17(23-24-17)14-6-2-12(3-7-14)10-16(27)11-13-4-8-15(9-5-13)18(25-26-18)19(20,21)22/h2-9H,10-11H2,1H3. The maximum atomic E-state index is 13.0. The molecular weight excluding hydrogens is 357 g/mol. The number of ketones is 1. The largest absolute Gasteiger partial charge is 0.442 e. The number of carbonyl (C=O) groups is 1. The summed E-state index contributed by atoms with van der Waals surface area (Å²) < 4.78 is 39.0. The van der Waals surface area contributed by atoms with Gasteiger partial charge in [-0.1, -0.05) is 48.5 Å². The van der Waals surface area contributed by atoms with E-state index in [2.05, 4.69) is 20.5 Å². The van der Waals surface area contributed by atoms with Crippen LogP contribution in [0.2, 0.25) is 0 Å². The molecule has 2 aliphatic rings. The van der Waals surface area contributed by atoms with Crippen molar-refractivity contribution in [2.45, 2.75) is 37.3 Å². The van der Waals surface area contributed by atoms with Crippen LogP contribution in [-0.2, 0) is 29.0 Å². The van der Waals surface area contributed by atoms with Gasteiger partial charge in [-0.15, -0.1) is 10.2 Å². The Bertz CT molecular complexity index is 934. The third kappa shape index (κ3) is 3.27. The molecule has 2 aromatic rings. The average molecular weight is 372 g/mol. The van der Waals surface area contributed by atoms with Gasteiger partial charge in [0.05, 0.1) is 0 Å². The zero-order chi connectivity index (χ0) is 19.3. The highest BCUT2D eigenvalue weighted by atomic mass is 19.4. The maximum Gasteiger partial charge on any atom is 0.442 e. The summed E-state index contributed by atoms with van der Waals surface area (Å²) in [5.41, 5.74) is -0.403. The predicted molar refractivity (Wildman–Crippen MR) is 90.1 cm³/mol. The lowest BCUT2D eigenvalue weighted by atomic mass is 9.97. The van der Waals surface area contributed by atoms with Gasteiger partial charge in [-0.2, -0.15) is 23.4 Å². The summed E-state index contributed by atoms with van der Waals surface area (Å²) in [5.74, 6) is -0.0196. The molecule has 0 amide bonds. The van der Waals surface area contributed by atoms with Gasteiger partial charge < -0.3 is 0 Å². The Morgan fingerprint density at radius 1 is 0.815 bits per heavy atom. The number of alkyl halides is 3. The number of benzene rings is 2. The van der Waals surface area contributed by atoms with Crippen molar-refractivity contribution >= 4 is 5.78 Å². The summed E-state index contributed by atoms with van der Waals surface area (Å²) in [6.07, 6.45) is -4.14. The van der Waals surface area contributed by atoms with E-state index in [1.165, 1.54) is 24.3 Å². The topological polar surface area (TPSA) is 66.5 Å². The van der Waals surface area contributed by atoms with E-state index < -0.39 is 17.5 Å². The molecule has 0 aromatic heterocycles. The van der Waals surface area contributed by atoms with Crippen molar-refractivity contribution < 1.29 is 18.0 Å². The van der Waals surface area contributed by atoms with Crippen LogP contribution in [0.25, 0.3) is 0 Å². The monoisotopic (exact) mass is 372 g/mol. The van der Waals surface area contributed by atoms with Crippen LogP contribution in [0.3, 0.4) is 0 Å². The Morgan fingerprint density at radius 3 is 1.63 bits per heavy atom. The normalized spacial score (nSPS) is 18.4. The maximum absolute atomic E-state index is 13.0. The molecule has 138 valence electrons. The molecule has 2 heterocycles. The fourth-order valence-corrected chi connectivity index (χ4v) is 2.94. The van der Waals surface area contributed by atoms with Crippen molar-refractivity contribution in [2.75, 3.05) is 0 Å². The van der Waals surface area contributed by atoms with Crippen LogP contribution in [-0.4, -0.2) is 12.0 Å². The van der Waals surface area contributed by atoms with Crippen LogP contribution >= 0.6 is 0 Å². The number of hydrogen-bond acceptors (Lipinski definition) is 5. The zero-order valence-corrected chi connectivity index (χ0v) is 14.4. The Morgan fingerprint density at radius 2 is 1.26 bits per heavy atom. The first-order valence-corrected chi connectivity index (χ1v) is 8.37. The first kappa shape index (κ1) is 17.5. The SMILES string of the molecule is CC1(c2ccc(CC(=O)Cc3ccc(C4(C(F)(F)F)N=N4)cc3)cc2)N=N1. The molecule has 0 spiro atoms. The van der Waals surface area contributed by atoms with Crippen LogP contribution in [0.1, 0.15) is 29.2 Å². The molecule has 0 radical (unpaired) electrons. The fraction of sp³-hybridized carbons (Fsp3) is 0.316. The van der Waals surface area contributed by atoms with E-state index in [1.807, 2.05) is 31.2 Å². The molecule has 27 heavy (non-hydrogen) atoms. The summed E-state index contributed by atoms with van der Waals surface area (Å²) in [5, 5.41) is 14.3. The molecule has 0 saturated carbocycles. The molecule has 4 rings (SSSR count). The lowest BCUT2D eigenvalue weighted by Crippen LogP contribution is -2.30. The molecule has 0 N–H and O–H groups in total. The number of Topliss-reactive ketones (excluding diaryl/α,β-unsaturated/α-hetero) is 1. The molecular formula is C19H15F3N4O. The minimum Gasteiger partial charge on any atom is -0.299 e. The van der Waals surface area contributed by atoms with Gasteiger partial charge in [0.15, 0.2) is 0 Å². The van der Waals surface area contributed by atoms with Crippen molar-refractivity contribution in [3.63, 3.8) is 0 Å². The minimum atomic E-state index is -4.55. The summed E-state index contributed by atoms with van der Waals surface area (Å²) in [6.45, 7) is 1.90. The highest BCUT2D eigenvalue weighted by molar-refractivity contribution is 5.83. The van der Waals surface area contributed by atoms with Gasteiger partial charge in [0, 0.05) is 24.0 Å². The number of halogens is 3. The Balaban J connectivity index is 1.37. The lowest BCUT2D eigenvalue weighted by Gasteiger charge is -2.14. The van der Waals surface area contributed by atoms with Gasteiger partial charge in [0.1, 0.15) is 5.78 Å². The number of nitrogens with zero attached hydrogens (tertiary/aromatic N) is 4. The van der Waals surface area contributed by atoms with E-state index in [0.29, 0.717) is 5.56 Å². The zero-order valence-electron chi connectivity index (χ0n) is 14.4. The van der Waals surface area contributed by atoms with Gasteiger partial charge in [0.2, 0.25) is 5.66 Å². The highest BCUT2D eigenvalue weighted by Gasteiger charge is 2.65. The predicted octanol–water partition coefficient (Wildman–Crippen LogP) is 4.86. The van der Waals surface area contributed by atoms with E-state index in [-0.39, 0.29) is 24.2 Å². The van der Waals surface area contributed by atoms with Gasteiger partial charge in [-0.3, -0.25) is 4.79 Å². The molecule has 0 bridgehead atoms. The van der Waals surface area contributed by atoms with Crippen LogP contribution in [0.4, 0.5) is 13.2 Å². The summed E-state index contributed by atoms with van der Waals surface area (Å²) in [7, 11) is 0. The summed E-state index contributed by atoms with van der Waals surface area (Å²) >= 11 is 0. The second kappa shape index (κ2) is 5.80. The minimum absolute atomic E-state index is 0.0196. The molecule has 0 fully saturated rings. The van der Waals surface area contributed by atoms with Gasteiger partial charge in [-0.25, -0.2) is 0 Å². The molecule has 0 aliphatic carbocycles. The van der Waals surface area contributed by atoms with Crippen LogP contribution in [0.5, 0.6) is 0 Å². The molecule has 5 nitrogen and oxygen atoms in total. The first-order valence-electron chi connectivity index (χ1n) is 8.37. The number of carbonyl (C=O) groups excluding carboxylic acids is 1. The molecule has 2 aliphatic heterocycles. The van der Waals surface area contributed by atoms with Crippen molar-refractivity contribution in [2.24, 2.45) is 20.5 Å². The molecule has 0 unspecified atom stereocenters. The Kier molecular flexibility index (Phi) is 3.76. The Labute approximate surface area is 153 Å². The molecule has 0 atom stereocenters. The highest BCUT2D eigenvalue weighted by Crippen LogP contribution is 2.52. The second-order valence-electron chi connectivity index (χ2n) is 6.88. The van der Waals surface area contributed by atoms with E-state index >= 15 is 0 Å². The van der Waals surface area contributed by atoms with E-state index in [4.69, 9.17) is 0 Å². The van der Waals surface area contributed by atoms with Gasteiger partial charge >= 0.3 is 11.8 Å². The smallest absolute Gasteiger partial charge is 0.299 e. The van der Waals surface area contributed by atoms with E-state index in [0.717, 1.165) is 11.1 Å². The number of hydrogen-bond donors (Lipinski definition) is 0. The van der Waals surface area contributed by atoms with Crippen molar-refractivity contribution in [3.8, 4) is 0 Å². The fourth-order valence-electron chi connectivity index (χ4n) is 2.94.